The molecule has 5 heteroatoms. The molecule has 0 amide bonds. The molecule has 0 bridgehead atoms. The summed E-state index contributed by atoms with van der Waals surface area (Å²) >= 11 is 0. The number of aromatic amines is 1. The summed E-state index contributed by atoms with van der Waals surface area (Å²) in [5, 5.41) is 4.06. The van der Waals surface area contributed by atoms with Crippen molar-refractivity contribution in [2.45, 2.75) is 13.8 Å². The van der Waals surface area contributed by atoms with Crippen LogP contribution in [0, 0.1) is 13.8 Å². The fraction of sp³-hybridized carbons (Fsp3) is 0.158. The second-order valence-corrected chi connectivity index (χ2v) is 6.06. The quantitative estimate of drug-likeness (QED) is 0.522. The highest BCUT2D eigenvalue weighted by atomic mass is 14.9. The van der Waals surface area contributed by atoms with Gasteiger partial charge in [-0.2, -0.15) is 0 Å². The van der Waals surface area contributed by atoms with E-state index in [1.54, 1.807) is 6.20 Å². The van der Waals surface area contributed by atoms with Crippen LogP contribution in [0.2, 0.25) is 0 Å². The molecule has 0 spiro atoms. The third kappa shape index (κ3) is 2.09. The van der Waals surface area contributed by atoms with E-state index in [2.05, 4.69) is 41.3 Å². The van der Waals surface area contributed by atoms with Gasteiger partial charge in [0.2, 0.25) is 0 Å². The van der Waals surface area contributed by atoms with Gasteiger partial charge in [0.25, 0.3) is 0 Å². The molecular formula is C19H19N5. The van der Waals surface area contributed by atoms with Gasteiger partial charge in [-0.1, -0.05) is 6.07 Å². The number of imidazole rings is 1. The first-order valence-electron chi connectivity index (χ1n) is 7.91. The number of H-pyrrole nitrogens is 1. The van der Waals surface area contributed by atoms with Crippen molar-refractivity contribution < 1.29 is 0 Å². The van der Waals surface area contributed by atoms with Crippen molar-refractivity contribution in [3.8, 4) is 11.4 Å². The van der Waals surface area contributed by atoms with Crippen molar-refractivity contribution in [3.63, 3.8) is 0 Å². The number of fused-ring (bicyclic) bond motifs is 2. The average Bonchev–Trinajstić information content (AvgIpc) is 3.03. The zero-order chi connectivity index (χ0) is 16.8. The smallest absolute Gasteiger partial charge is 0.142 e. The van der Waals surface area contributed by atoms with E-state index in [0.29, 0.717) is 5.69 Å². The van der Waals surface area contributed by atoms with Crippen molar-refractivity contribution in [3.05, 3.63) is 47.7 Å². The Labute approximate surface area is 139 Å². The summed E-state index contributed by atoms with van der Waals surface area (Å²) in [6, 6.07) is 10.1. The average molecular weight is 317 g/mol. The van der Waals surface area contributed by atoms with E-state index in [9.17, 15) is 0 Å². The van der Waals surface area contributed by atoms with Crippen LogP contribution >= 0.6 is 0 Å². The third-order valence-corrected chi connectivity index (χ3v) is 4.63. The maximum Gasteiger partial charge on any atom is 0.142 e. The number of nitrogens with zero attached hydrogens (tertiary/aromatic N) is 2. The van der Waals surface area contributed by atoms with Gasteiger partial charge in [-0.05, 0) is 49.2 Å². The Balaban J connectivity index is 1.96. The predicted molar refractivity (Wildman–Crippen MR) is 100 cm³/mol. The van der Waals surface area contributed by atoms with Gasteiger partial charge in [0.1, 0.15) is 5.82 Å². The first-order chi connectivity index (χ1) is 11.6. The van der Waals surface area contributed by atoms with E-state index in [4.69, 9.17) is 10.7 Å². The molecule has 0 saturated carbocycles. The number of nitrogens with one attached hydrogen (secondary N) is 2. The van der Waals surface area contributed by atoms with Crippen molar-refractivity contribution in [2.75, 3.05) is 18.1 Å². The molecule has 0 aliphatic carbocycles. The SMILES string of the molecule is CNc1ccc2ncc(-c3nc4c(C)c(C)ccc4[nH]3)c(N)c2c1. The Morgan fingerprint density at radius 2 is 1.96 bits per heavy atom. The number of nitrogen functional groups attached to an aromatic ring is 1. The Morgan fingerprint density at radius 3 is 2.75 bits per heavy atom. The second-order valence-electron chi connectivity index (χ2n) is 6.06. The number of hydrogen-bond donors (Lipinski definition) is 3. The van der Waals surface area contributed by atoms with E-state index < -0.39 is 0 Å². The molecule has 0 aliphatic rings. The van der Waals surface area contributed by atoms with Gasteiger partial charge in [0.05, 0.1) is 27.8 Å². The zero-order valence-corrected chi connectivity index (χ0v) is 13.9. The highest BCUT2D eigenvalue weighted by Crippen LogP contribution is 2.32. The van der Waals surface area contributed by atoms with Crippen LogP contribution in [0.3, 0.4) is 0 Å². The molecule has 0 saturated heterocycles. The monoisotopic (exact) mass is 317 g/mol. The lowest BCUT2D eigenvalue weighted by Gasteiger charge is -2.08. The number of rotatable bonds is 2. The van der Waals surface area contributed by atoms with Gasteiger partial charge in [-0.15, -0.1) is 0 Å². The van der Waals surface area contributed by atoms with Crippen LogP contribution in [0.1, 0.15) is 11.1 Å². The molecule has 2 aromatic heterocycles. The molecule has 5 nitrogen and oxygen atoms in total. The molecule has 4 aromatic rings. The van der Waals surface area contributed by atoms with Gasteiger partial charge in [-0.3, -0.25) is 4.98 Å². The highest BCUT2D eigenvalue weighted by molar-refractivity contribution is 5.99. The Bertz CT molecular complexity index is 1080. The first kappa shape index (κ1) is 14.5. The van der Waals surface area contributed by atoms with Crippen molar-refractivity contribution in [1.29, 1.82) is 0 Å². The van der Waals surface area contributed by atoms with Gasteiger partial charge in [0.15, 0.2) is 0 Å². The van der Waals surface area contributed by atoms with Crippen LogP contribution < -0.4 is 11.1 Å². The maximum absolute atomic E-state index is 6.44. The van der Waals surface area contributed by atoms with E-state index in [1.807, 2.05) is 25.2 Å². The minimum absolute atomic E-state index is 0.686. The lowest BCUT2D eigenvalue weighted by atomic mass is 10.1. The highest BCUT2D eigenvalue weighted by Gasteiger charge is 2.13. The maximum atomic E-state index is 6.44. The summed E-state index contributed by atoms with van der Waals surface area (Å²) in [6.45, 7) is 4.18. The molecule has 0 fully saturated rings. The summed E-state index contributed by atoms with van der Waals surface area (Å²) < 4.78 is 0. The number of anilines is 2. The molecule has 24 heavy (non-hydrogen) atoms. The molecular weight excluding hydrogens is 298 g/mol. The number of aryl methyl sites for hydroxylation is 2. The molecule has 0 radical (unpaired) electrons. The Morgan fingerprint density at radius 1 is 1.12 bits per heavy atom. The molecule has 0 atom stereocenters. The summed E-state index contributed by atoms with van der Waals surface area (Å²) in [5.74, 6) is 0.750. The van der Waals surface area contributed by atoms with Crippen molar-refractivity contribution in [2.24, 2.45) is 0 Å². The summed E-state index contributed by atoms with van der Waals surface area (Å²) in [6.07, 6.45) is 1.79. The summed E-state index contributed by atoms with van der Waals surface area (Å²) in [4.78, 5) is 12.7. The van der Waals surface area contributed by atoms with Crippen molar-refractivity contribution in [1.82, 2.24) is 15.0 Å². The van der Waals surface area contributed by atoms with E-state index in [-0.39, 0.29) is 0 Å². The minimum Gasteiger partial charge on any atom is -0.398 e. The van der Waals surface area contributed by atoms with Crippen LogP contribution in [0.25, 0.3) is 33.3 Å². The normalized spacial score (nSPS) is 11.3. The van der Waals surface area contributed by atoms with Crippen LogP contribution in [0.4, 0.5) is 11.4 Å². The lowest BCUT2D eigenvalue weighted by molar-refractivity contribution is 1.30. The lowest BCUT2D eigenvalue weighted by Crippen LogP contribution is -1.96. The van der Waals surface area contributed by atoms with E-state index in [0.717, 1.165) is 39.0 Å². The number of benzene rings is 2. The number of hydrogen-bond acceptors (Lipinski definition) is 4. The minimum atomic E-state index is 0.686. The van der Waals surface area contributed by atoms with Crippen LogP contribution in [-0.2, 0) is 0 Å². The fourth-order valence-electron chi connectivity index (χ4n) is 3.00. The topological polar surface area (TPSA) is 79.6 Å². The fourth-order valence-corrected chi connectivity index (χ4v) is 3.00. The number of nitrogens with two attached hydrogens (primary N) is 1. The Kier molecular flexibility index (Phi) is 3.16. The van der Waals surface area contributed by atoms with Gasteiger partial charge in [0, 0.05) is 24.3 Å². The van der Waals surface area contributed by atoms with Crippen LogP contribution in [0.15, 0.2) is 36.5 Å². The molecule has 2 aromatic carbocycles. The van der Waals surface area contributed by atoms with Gasteiger partial charge < -0.3 is 16.0 Å². The van der Waals surface area contributed by atoms with E-state index in [1.165, 1.54) is 11.1 Å². The molecule has 4 N–H and O–H groups in total. The predicted octanol–water partition coefficient (Wildman–Crippen LogP) is 4.02. The number of pyridine rings is 1. The van der Waals surface area contributed by atoms with Gasteiger partial charge in [-0.25, -0.2) is 4.98 Å². The van der Waals surface area contributed by atoms with Crippen LogP contribution in [0.5, 0.6) is 0 Å². The molecule has 0 unspecified atom stereocenters. The summed E-state index contributed by atoms with van der Waals surface area (Å²) in [5.41, 5.74) is 14.2. The second kappa shape index (κ2) is 5.23. The zero-order valence-electron chi connectivity index (χ0n) is 13.9. The molecule has 2 heterocycles. The van der Waals surface area contributed by atoms with Crippen LogP contribution in [-0.4, -0.2) is 22.0 Å². The van der Waals surface area contributed by atoms with Crippen molar-refractivity contribution >= 4 is 33.3 Å². The number of aromatic nitrogens is 3. The van der Waals surface area contributed by atoms with Gasteiger partial charge >= 0.3 is 0 Å². The molecule has 0 aliphatic heterocycles. The largest absolute Gasteiger partial charge is 0.398 e. The Hall–Kier alpha value is -3.08. The molecule has 4 rings (SSSR count). The molecule has 120 valence electrons. The third-order valence-electron chi connectivity index (χ3n) is 4.63. The standard InChI is InChI=1S/C19H19N5/c1-10-4-6-16-18(11(10)2)24-19(23-16)14-9-22-15-7-5-12(21-3)8-13(15)17(14)20/h4-9,21H,1-3H3,(H2,20,22)(H,23,24). The summed E-state index contributed by atoms with van der Waals surface area (Å²) in [7, 11) is 1.89. The first-order valence-corrected chi connectivity index (χ1v) is 7.91. The van der Waals surface area contributed by atoms with E-state index >= 15 is 0 Å².